The lowest BCUT2D eigenvalue weighted by molar-refractivity contribution is 1.35. The second kappa shape index (κ2) is 6.19. The number of aryl methyl sites for hydroxylation is 2. The van der Waals surface area contributed by atoms with Crippen LogP contribution in [-0.2, 0) is 0 Å². The fraction of sp³-hybridized carbons (Fsp3) is 0.100. The van der Waals surface area contributed by atoms with Crippen LogP contribution >= 0.6 is 11.8 Å². The Morgan fingerprint density at radius 3 is 1.95 bits per heavy atom. The molecule has 1 heteroatoms. The molecule has 3 rings (SSSR count). The fourth-order valence-corrected chi connectivity index (χ4v) is 3.35. The van der Waals surface area contributed by atoms with Crippen LogP contribution in [0.4, 0.5) is 0 Å². The maximum atomic E-state index is 2.21. The lowest BCUT2D eigenvalue weighted by Gasteiger charge is -2.11. The number of hydrogen-bond acceptors (Lipinski definition) is 1. The first-order valence-corrected chi connectivity index (χ1v) is 7.95. The zero-order chi connectivity index (χ0) is 14.7. The Balaban J connectivity index is 2.00. The Hall–Kier alpha value is -1.99. The van der Waals surface area contributed by atoms with Crippen LogP contribution in [0.25, 0.3) is 11.1 Å². The summed E-state index contributed by atoms with van der Waals surface area (Å²) >= 11 is 1.83. The zero-order valence-electron chi connectivity index (χ0n) is 12.3. The van der Waals surface area contributed by atoms with E-state index in [0.29, 0.717) is 0 Å². The molecule has 0 heterocycles. The molecule has 0 atom stereocenters. The smallest absolute Gasteiger partial charge is 0.0200 e. The molecule has 0 nitrogen and oxygen atoms in total. The van der Waals surface area contributed by atoms with Gasteiger partial charge in [0.05, 0.1) is 0 Å². The van der Waals surface area contributed by atoms with Crippen molar-refractivity contribution in [2.45, 2.75) is 23.6 Å². The van der Waals surface area contributed by atoms with Gasteiger partial charge in [0, 0.05) is 9.79 Å². The number of benzene rings is 3. The second-order valence-corrected chi connectivity index (χ2v) is 6.34. The van der Waals surface area contributed by atoms with Crippen molar-refractivity contribution >= 4 is 11.8 Å². The third-order valence-corrected chi connectivity index (χ3v) is 4.65. The molecule has 3 aromatic carbocycles. The third kappa shape index (κ3) is 3.20. The van der Waals surface area contributed by atoms with Gasteiger partial charge in [-0.2, -0.15) is 0 Å². The summed E-state index contributed by atoms with van der Waals surface area (Å²) in [6, 6.07) is 25.9. The molecule has 0 aliphatic rings. The Kier molecular flexibility index (Phi) is 4.12. The minimum Gasteiger partial charge on any atom is -0.0895 e. The van der Waals surface area contributed by atoms with Gasteiger partial charge in [-0.3, -0.25) is 0 Å². The predicted molar refractivity (Wildman–Crippen MR) is 91.9 cm³/mol. The lowest BCUT2D eigenvalue weighted by atomic mass is 10.0. The van der Waals surface area contributed by atoms with Gasteiger partial charge in [0.2, 0.25) is 0 Å². The van der Waals surface area contributed by atoms with Gasteiger partial charge < -0.3 is 0 Å². The van der Waals surface area contributed by atoms with Gasteiger partial charge in [0.15, 0.2) is 0 Å². The van der Waals surface area contributed by atoms with E-state index >= 15 is 0 Å². The maximum Gasteiger partial charge on any atom is 0.0200 e. The molecule has 0 aliphatic heterocycles. The van der Waals surface area contributed by atoms with Crippen LogP contribution in [0.2, 0.25) is 0 Å². The summed E-state index contributed by atoms with van der Waals surface area (Å²) in [4.78, 5) is 2.58. The molecule has 0 saturated heterocycles. The molecule has 0 aromatic heterocycles. The first kappa shape index (κ1) is 14.0. The quantitative estimate of drug-likeness (QED) is 0.560. The first-order valence-electron chi connectivity index (χ1n) is 7.13. The van der Waals surface area contributed by atoms with Crippen molar-refractivity contribution in [3.63, 3.8) is 0 Å². The molecule has 0 aliphatic carbocycles. The summed E-state index contributed by atoms with van der Waals surface area (Å²) in [5, 5.41) is 0. The van der Waals surface area contributed by atoms with Crippen LogP contribution in [0, 0.1) is 13.8 Å². The average molecular weight is 290 g/mol. The van der Waals surface area contributed by atoms with Gasteiger partial charge >= 0.3 is 0 Å². The van der Waals surface area contributed by atoms with E-state index in [4.69, 9.17) is 0 Å². The minimum atomic E-state index is 1.28. The van der Waals surface area contributed by atoms with Crippen LogP contribution in [0.3, 0.4) is 0 Å². The summed E-state index contributed by atoms with van der Waals surface area (Å²) in [6.07, 6.45) is 0. The van der Waals surface area contributed by atoms with E-state index < -0.39 is 0 Å². The topological polar surface area (TPSA) is 0 Å². The van der Waals surface area contributed by atoms with Crippen molar-refractivity contribution in [3.05, 3.63) is 83.9 Å². The monoisotopic (exact) mass is 290 g/mol. The highest BCUT2D eigenvalue weighted by atomic mass is 32.2. The van der Waals surface area contributed by atoms with Crippen molar-refractivity contribution in [3.8, 4) is 11.1 Å². The first-order chi connectivity index (χ1) is 10.2. The van der Waals surface area contributed by atoms with E-state index in [2.05, 4.69) is 86.6 Å². The van der Waals surface area contributed by atoms with Crippen LogP contribution in [0.5, 0.6) is 0 Å². The molecule has 0 N–H and O–H groups in total. The standard InChI is InChI=1S/C20H18S/c1-15-11-13-17(14-12-15)21-20-10-6-5-9-19(20)18-8-4-3-7-16(18)2/h3-14H,1-2H3. The molecule has 0 saturated carbocycles. The average Bonchev–Trinajstić information content (AvgIpc) is 2.51. The number of rotatable bonds is 3. The third-order valence-electron chi connectivity index (χ3n) is 3.57. The molecule has 0 bridgehead atoms. The molecule has 0 radical (unpaired) electrons. The normalized spacial score (nSPS) is 10.6. The molecule has 0 amide bonds. The van der Waals surface area contributed by atoms with Gasteiger partial charge in [0.25, 0.3) is 0 Å². The van der Waals surface area contributed by atoms with E-state index in [1.54, 1.807) is 0 Å². The second-order valence-electron chi connectivity index (χ2n) is 5.23. The van der Waals surface area contributed by atoms with Crippen molar-refractivity contribution in [1.29, 1.82) is 0 Å². The van der Waals surface area contributed by atoms with Crippen molar-refractivity contribution in [1.82, 2.24) is 0 Å². The Morgan fingerprint density at radius 2 is 1.24 bits per heavy atom. The van der Waals surface area contributed by atoms with Crippen LogP contribution in [0.1, 0.15) is 11.1 Å². The summed E-state index contributed by atoms with van der Waals surface area (Å²) in [7, 11) is 0. The van der Waals surface area contributed by atoms with Gasteiger partial charge in [-0.15, -0.1) is 0 Å². The largest absolute Gasteiger partial charge is 0.0895 e. The molecular formula is C20H18S. The highest BCUT2D eigenvalue weighted by molar-refractivity contribution is 7.99. The number of hydrogen-bond donors (Lipinski definition) is 0. The minimum absolute atomic E-state index is 1.28. The lowest BCUT2D eigenvalue weighted by Crippen LogP contribution is -1.86. The molecule has 0 unspecified atom stereocenters. The highest BCUT2D eigenvalue weighted by Crippen LogP contribution is 2.37. The summed E-state index contributed by atoms with van der Waals surface area (Å²) in [6.45, 7) is 4.29. The summed E-state index contributed by atoms with van der Waals surface area (Å²) in [5.74, 6) is 0. The van der Waals surface area contributed by atoms with Gasteiger partial charge in [-0.1, -0.05) is 71.9 Å². The molecule has 104 valence electrons. The van der Waals surface area contributed by atoms with Crippen molar-refractivity contribution in [2.24, 2.45) is 0 Å². The van der Waals surface area contributed by atoms with E-state index in [-0.39, 0.29) is 0 Å². The summed E-state index contributed by atoms with van der Waals surface area (Å²) in [5.41, 5.74) is 5.23. The molecule has 21 heavy (non-hydrogen) atoms. The van der Waals surface area contributed by atoms with E-state index in [1.165, 1.54) is 32.0 Å². The van der Waals surface area contributed by atoms with Crippen LogP contribution in [-0.4, -0.2) is 0 Å². The fourth-order valence-electron chi connectivity index (χ4n) is 2.39. The van der Waals surface area contributed by atoms with E-state index in [0.717, 1.165) is 0 Å². The Labute approximate surface area is 130 Å². The highest BCUT2D eigenvalue weighted by Gasteiger charge is 2.08. The van der Waals surface area contributed by atoms with Crippen molar-refractivity contribution in [2.75, 3.05) is 0 Å². The zero-order valence-corrected chi connectivity index (χ0v) is 13.2. The van der Waals surface area contributed by atoms with Gasteiger partial charge in [0.1, 0.15) is 0 Å². The van der Waals surface area contributed by atoms with E-state index in [9.17, 15) is 0 Å². The Bertz CT molecular complexity index is 742. The molecular weight excluding hydrogens is 272 g/mol. The predicted octanol–water partition coefficient (Wildman–Crippen LogP) is 6.12. The van der Waals surface area contributed by atoms with Crippen LogP contribution < -0.4 is 0 Å². The summed E-state index contributed by atoms with van der Waals surface area (Å²) < 4.78 is 0. The molecule has 0 spiro atoms. The molecule has 0 fully saturated rings. The van der Waals surface area contributed by atoms with Gasteiger partial charge in [-0.05, 0) is 48.7 Å². The van der Waals surface area contributed by atoms with Crippen LogP contribution in [0.15, 0.2) is 82.6 Å². The van der Waals surface area contributed by atoms with Gasteiger partial charge in [-0.25, -0.2) is 0 Å². The Morgan fingerprint density at radius 1 is 0.619 bits per heavy atom. The SMILES string of the molecule is Cc1ccc(Sc2ccccc2-c2ccccc2C)cc1. The van der Waals surface area contributed by atoms with Crippen molar-refractivity contribution < 1.29 is 0 Å². The maximum absolute atomic E-state index is 2.21. The van der Waals surface area contributed by atoms with E-state index in [1.807, 2.05) is 11.8 Å². The molecule has 3 aromatic rings.